The van der Waals surface area contributed by atoms with Gasteiger partial charge in [-0.25, -0.2) is 8.78 Å². The van der Waals surface area contributed by atoms with E-state index in [4.69, 9.17) is 4.74 Å². The molecule has 0 bridgehead atoms. The lowest BCUT2D eigenvalue weighted by Gasteiger charge is -2.11. The van der Waals surface area contributed by atoms with Crippen LogP contribution in [0, 0.1) is 11.6 Å². The molecule has 0 radical (unpaired) electrons. The fourth-order valence-corrected chi connectivity index (χ4v) is 4.12. The molecule has 0 aromatic heterocycles. The van der Waals surface area contributed by atoms with Gasteiger partial charge in [-0.15, -0.1) is 0 Å². The van der Waals surface area contributed by atoms with Crippen LogP contribution in [0.4, 0.5) is 8.78 Å². The van der Waals surface area contributed by atoms with Crippen molar-refractivity contribution in [2.75, 3.05) is 6.61 Å². The average Bonchev–Trinajstić information content (AvgIpc) is 2.81. The molecule has 0 aliphatic carbocycles. The van der Waals surface area contributed by atoms with E-state index in [1.165, 1.54) is 32.1 Å². The molecular formula is C29H36F2O. The first kappa shape index (κ1) is 24.2. The Hall–Kier alpha value is -2.42. The minimum Gasteiger partial charge on any atom is -0.494 e. The molecule has 0 fully saturated rings. The van der Waals surface area contributed by atoms with Gasteiger partial charge in [0.05, 0.1) is 6.61 Å². The van der Waals surface area contributed by atoms with Gasteiger partial charge in [0.25, 0.3) is 0 Å². The molecule has 3 rings (SSSR count). The highest BCUT2D eigenvalue weighted by Crippen LogP contribution is 2.31. The van der Waals surface area contributed by atoms with Gasteiger partial charge in [0.1, 0.15) is 5.75 Å². The van der Waals surface area contributed by atoms with Crippen LogP contribution in [-0.2, 0) is 6.42 Å². The topological polar surface area (TPSA) is 9.23 Å². The zero-order valence-corrected chi connectivity index (χ0v) is 19.6. The summed E-state index contributed by atoms with van der Waals surface area (Å²) >= 11 is 0. The molecule has 0 saturated heterocycles. The predicted octanol–water partition coefficient (Wildman–Crippen LogP) is 9.26. The molecule has 0 aliphatic heterocycles. The summed E-state index contributed by atoms with van der Waals surface area (Å²) < 4.78 is 35.3. The van der Waals surface area contributed by atoms with Gasteiger partial charge in [0.2, 0.25) is 0 Å². The van der Waals surface area contributed by atoms with Crippen molar-refractivity contribution in [1.82, 2.24) is 0 Å². The predicted molar refractivity (Wildman–Crippen MR) is 131 cm³/mol. The smallest absolute Gasteiger partial charge is 0.166 e. The van der Waals surface area contributed by atoms with E-state index >= 15 is 0 Å². The van der Waals surface area contributed by atoms with Crippen LogP contribution >= 0.6 is 0 Å². The van der Waals surface area contributed by atoms with Crippen molar-refractivity contribution in [3.63, 3.8) is 0 Å². The number of benzene rings is 3. The highest BCUT2D eigenvalue weighted by molar-refractivity contribution is 5.88. The van der Waals surface area contributed by atoms with E-state index < -0.39 is 11.6 Å². The maximum absolute atomic E-state index is 14.8. The number of unbranched alkanes of at least 4 members (excludes halogenated alkanes) is 7. The monoisotopic (exact) mass is 438 g/mol. The normalized spacial score (nSPS) is 11.2. The Morgan fingerprint density at radius 1 is 0.656 bits per heavy atom. The Morgan fingerprint density at radius 3 is 2.16 bits per heavy atom. The summed E-state index contributed by atoms with van der Waals surface area (Å²) in [6.45, 7) is 5.06. The zero-order chi connectivity index (χ0) is 22.8. The van der Waals surface area contributed by atoms with Crippen LogP contribution in [-0.4, -0.2) is 6.61 Å². The quantitative estimate of drug-likeness (QED) is 0.242. The van der Waals surface area contributed by atoms with Crippen LogP contribution in [0.15, 0.2) is 48.5 Å². The third-order valence-corrected chi connectivity index (χ3v) is 6.10. The summed E-state index contributed by atoms with van der Waals surface area (Å²) in [7, 11) is 0. The van der Waals surface area contributed by atoms with Gasteiger partial charge < -0.3 is 4.74 Å². The van der Waals surface area contributed by atoms with Crippen LogP contribution in [0.3, 0.4) is 0 Å². The first-order chi connectivity index (χ1) is 15.6. The third-order valence-electron chi connectivity index (χ3n) is 6.10. The lowest BCUT2D eigenvalue weighted by molar-refractivity contribution is 0.305. The standard InChI is InChI=1S/C29H36F2O/c1-3-5-7-8-9-11-19-32-26-17-15-23-20-25(14-13-24(23)21-26)27-18-16-22(12-10-6-4-2)28(30)29(27)31/h13-18,20-21H,3-12,19H2,1-2H3. The van der Waals surface area contributed by atoms with Gasteiger partial charge >= 0.3 is 0 Å². The summed E-state index contributed by atoms with van der Waals surface area (Å²) in [5, 5.41) is 2.02. The first-order valence-electron chi connectivity index (χ1n) is 12.3. The highest BCUT2D eigenvalue weighted by atomic mass is 19.2. The Balaban J connectivity index is 1.65. The molecule has 0 aliphatic rings. The van der Waals surface area contributed by atoms with Gasteiger partial charge in [-0.2, -0.15) is 0 Å². The molecule has 3 aromatic rings. The van der Waals surface area contributed by atoms with Crippen molar-refractivity contribution in [3.8, 4) is 16.9 Å². The van der Waals surface area contributed by atoms with Gasteiger partial charge in [-0.05, 0) is 59.4 Å². The molecular weight excluding hydrogens is 402 g/mol. The van der Waals surface area contributed by atoms with E-state index in [2.05, 4.69) is 13.8 Å². The molecule has 0 spiro atoms. The second kappa shape index (κ2) is 12.6. The van der Waals surface area contributed by atoms with Crippen molar-refractivity contribution in [2.24, 2.45) is 0 Å². The number of rotatable bonds is 13. The summed E-state index contributed by atoms with van der Waals surface area (Å²) in [5.74, 6) is -0.609. The summed E-state index contributed by atoms with van der Waals surface area (Å²) in [6.07, 6.45) is 11.0. The SMILES string of the molecule is CCCCCCCCOc1ccc2cc(-c3ccc(CCCCC)c(F)c3F)ccc2c1. The van der Waals surface area contributed by atoms with Crippen LogP contribution in [0.1, 0.15) is 77.2 Å². The second-order valence-corrected chi connectivity index (χ2v) is 8.70. The second-order valence-electron chi connectivity index (χ2n) is 8.70. The first-order valence-corrected chi connectivity index (χ1v) is 12.3. The molecule has 32 heavy (non-hydrogen) atoms. The molecule has 0 amide bonds. The third kappa shape index (κ3) is 6.54. The summed E-state index contributed by atoms with van der Waals surface area (Å²) in [6, 6.07) is 15.1. The van der Waals surface area contributed by atoms with Gasteiger partial charge in [0, 0.05) is 5.56 Å². The maximum Gasteiger partial charge on any atom is 0.166 e. The summed E-state index contributed by atoms with van der Waals surface area (Å²) in [5.41, 5.74) is 1.47. The van der Waals surface area contributed by atoms with Gasteiger partial charge in [0.15, 0.2) is 11.6 Å². The largest absolute Gasteiger partial charge is 0.494 e. The number of hydrogen-bond donors (Lipinski definition) is 0. The maximum atomic E-state index is 14.8. The molecule has 0 unspecified atom stereocenters. The van der Waals surface area contributed by atoms with E-state index in [1.807, 2.05) is 36.4 Å². The Kier molecular flexibility index (Phi) is 9.52. The molecule has 3 aromatic carbocycles. The number of aryl methyl sites for hydroxylation is 1. The van der Waals surface area contributed by atoms with Crippen molar-refractivity contribution in [1.29, 1.82) is 0 Å². The fraction of sp³-hybridized carbons (Fsp3) is 0.448. The van der Waals surface area contributed by atoms with Crippen molar-refractivity contribution < 1.29 is 13.5 Å². The van der Waals surface area contributed by atoms with E-state index in [0.717, 1.165) is 48.8 Å². The fourth-order valence-electron chi connectivity index (χ4n) is 4.12. The number of hydrogen-bond acceptors (Lipinski definition) is 1. The van der Waals surface area contributed by atoms with Gasteiger partial charge in [-0.3, -0.25) is 0 Å². The van der Waals surface area contributed by atoms with Gasteiger partial charge in [-0.1, -0.05) is 89.1 Å². The lowest BCUT2D eigenvalue weighted by Crippen LogP contribution is -1.98. The molecule has 0 atom stereocenters. The Morgan fingerprint density at radius 2 is 1.34 bits per heavy atom. The molecule has 0 heterocycles. The molecule has 0 N–H and O–H groups in total. The van der Waals surface area contributed by atoms with Crippen molar-refractivity contribution in [2.45, 2.75) is 78.1 Å². The van der Waals surface area contributed by atoms with E-state index in [1.54, 1.807) is 12.1 Å². The molecule has 172 valence electrons. The van der Waals surface area contributed by atoms with E-state index in [0.29, 0.717) is 23.1 Å². The van der Waals surface area contributed by atoms with Crippen molar-refractivity contribution in [3.05, 3.63) is 65.7 Å². The highest BCUT2D eigenvalue weighted by Gasteiger charge is 2.15. The van der Waals surface area contributed by atoms with Crippen LogP contribution < -0.4 is 4.74 Å². The van der Waals surface area contributed by atoms with Crippen molar-refractivity contribution >= 4 is 10.8 Å². The Labute approximate surface area is 191 Å². The summed E-state index contributed by atoms with van der Waals surface area (Å²) in [4.78, 5) is 0. The number of halogens is 2. The molecule has 1 nitrogen and oxygen atoms in total. The zero-order valence-electron chi connectivity index (χ0n) is 19.6. The van der Waals surface area contributed by atoms with E-state index in [9.17, 15) is 8.78 Å². The lowest BCUT2D eigenvalue weighted by atomic mass is 9.97. The Bertz CT molecular complexity index is 996. The van der Waals surface area contributed by atoms with Crippen LogP contribution in [0.2, 0.25) is 0 Å². The van der Waals surface area contributed by atoms with E-state index in [-0.39, 0.29) is 0 Å². The molecule has 3 heteroatoms. The van der Waals surface area contributed by atoms with Crippen LogP contribution in [0.25, 0.3) is 21.9 Å². The number of fused-ring (bicyclic) bond motifs is 1. The molecule has 0 saturated carbocycles. The van der Waals surface area contributed by atoms with Crippen LogP contribution in [0.5, 0.6) is 5.75 Å². The number of ether oxygens (including phenoxy) is 1. The minimum absolute atomic E-state index is 0.312. The minimum atomic E-state index is -0.753. The average molecular weight is 439 g/mol.